The molecule has 1 rings (SSSR count). The third-order valence-electron chi connectivity index (χ3n) is 3.42. The Morgan fingerprint density at radius 2 is 1.96 bits per heavy atom. The molecule has 0 aliphatic rings. The first-order chi connectivity index (χ1) is 12.3. The van der Waals surface area contributed by atoms with E-state index in [-0.39, 0.29) is 13.2 Å². The molecule has 0 saturated carbocycles. The van der Waals surface area contributed by atoms with Gasteiger partial charge in [0.05, 0.1) is 24.4 Å². The van der Waals surface area contributed by atoms with Crippen LogP contribution in [0.4, 0.5) is 4.79 Å². The van der Waals surface area contributed by atoms with E-state index in [1.54, 1.807) is 24.0 Å². The molecule has 0 spiro atoms. The molecule has 26 heavy (non-hydrogen) atoms. The van der Waals surface area contributed by atoms with Gasteiger partial charge in [-0.3, -0.25) is 4.98 Å². The van der Waals surface area contributed by atoms with Gasteiger partial charge in [-0.2, -0.15) is 0 Å². The van der Waals surface area contributed by atoms with Crippen molar-refractivity contribution in [2.45, 2.75) is 59.1 Å². The minimum atomic E-state index is -0.597. The molecule has 1 aromatic rings. The van der Waals surface area contributed by atoms with Gasteiger partial charge in [-0.25, -0.2) is 9.59 Å². The zero-order valence-electron chi connectivity index (χ0n) is 16.2. The average molecular weight is 366 g/mol. The standard InChI is InChI=1S/C19H30N2O5/c1-5-25-17(23)15-9-10-20-16(13-15)14-21(11-7-6-8-12-22)18(24)26-19(2,3)4/h9-10,13,22H,5-8,11-12,14H2,1-4H3. The number of aliphatic hydroxyl groups is 1. The van der Waals surface area contributed by atoms with Crippen molar-refractivity contribution in [3.05, 3.63) is 29.6 Å². The van der Waals surface area contributed by atoms with Crippen LogP contribution in [0.25, 0.3) is 0 Å². The third kappa shape index (κ3) is 8.29. The van der Waals surface area contributed by atoms with Crippen LogP contribution in [0.3, 0.4) is 0 Å². The van der Waals surface area contributed by atoms with E-state index in [1.807, 2.05) is 20.8 Å². The molecule has 0 atom stereocenters. The molecule has 0 saturated heterocycles. The van der Waals surface area contributed by atoms with Gasteiger partial charge < -0.3 is 19.5 Å². The number of hydrogen-bond acceptors (Lipinski definition) is 6. The topological polar surface area (TPSA) is 89.0 Å². The highest BCUT2D eigenvalue weighted by Gasteiger charge is 2.22. The van der Waals surface area contributed by atoms with E-state index in [4.69, 9.17) is 14.6 Å². The molecule has 0 radical (unpaired) electrons. The Morgan fingerprint density at radius 3 is 2.58 bits per heavy atom. The molecule has 1 heterocycles. The summed E-state index contributed by atoms with van der Waals surface area (Å²) in [5.41, 5.74) is 0.394. The summed E-state index contributed by atoms with van der Waals surface area (Å²) in [5, 5.41) is 8.90. The highest BCUT2D eigenvalue weighted by Crippen LogP contribution is 2.14. The first-order valence-electron chi connectivity index (χ1n) is 8.97. The number of amides is 1. The second-order valence-electron chi connectivity index (χ2n) is 6.94. The van der Waals surface area contributed by atoms with Crippen molar-refractivity contribution in [3.8, 4) is 0 Å². The lowest BCUT2D eigenvalue weighted by Crippen LogP contribution is -2.37. The Labute approximate surface area is 155 Å². The average Bonchev–Trinajstić information content (AvgIpc) is 2.56. The zero-order valence-corrected chi connectivity index (χ0v) is 16.2. The van der Waals surface area contributed by atoms with E-state index in [0.717, 1.165) is 12.8 Å². The third-order valence-corrected chi connectivity index (χ3v) is 3.42. The number of rotatable bonds is 9. The number of pyridine rings is 1. The van der Waals surface area contributed by atoms with Gasteiger partial charge in [0, 0.05) is 19.3 Å². The van der Waals surface area contributed by atoms with Gasteiger partial charge in [0.2, 0.25) is 0 Å². The first-order valence-corrected chi connectivity index (χ1v) is 8.97. The predicted molar refractivity (Wildman–Crippen MR) is 97.8 cm³/mol. The molecule has 1 N–H and O–H groups in total. The molecule has 7 nitrogen and oxygen atoms in total. The van der Waals surface area contributed by atoms with Crippen LogP contribution in [0, 0.1) is 0 Å². The lowest BCUT2D eigenvalue weighted by Gasteiger charge is -2.27. The summed E-state index contributed by atoms with van der Waals surface area (Å²) in [5.74, 6) is -0.414. The van der Waals surface area contributed by atoms with E-state index >= 15 is 0 Å². The number of ether oxygens (including phenoxy) is 2. The fraction of sp³-hybridized carbons (Fsp3) is 0.632. The molecular weight excluding hydrogens is 336 g/mol. The number of unbranched alkanes of at least 4 members (excludes halogenated alkanes) is 2. The fourth-order valence-corrected chi connectivity index (χ4v) is 2.25. The Kier molecular flexibility index (Phi) is 9.05. The Hall–Kier alpha value is -2.15. The van der Waals surface area contributed by atoms with Crippen LogP contribution in [0.1, 0.15) is 63.0 Å². The van der Waals surface area contributed by atoms with Crippen LogP contribution in [-0.2, 0) is 16.0 Å². The number of carbonyl (C=O) groups excluding carboxylic acids is 2. The van der Waals surface area contributed by atoms with Crippen molar-refractivity contribution < 1.29 is 24.2 Å². The maximum atomic E-state index is 12.5. The first kappa shape index (κ1) is 21.9. The van der Waals surface area contributed by atoms with Crippen LogP contribution in [-0.4, -0.2) is 52.4 Å². The SMILES string of the molecule is CCOC(=O)c1ccnc(CN(CCCCCO)C(=O)OC(C)(C)C)c1. The molecule has 0 aliphatic heterocycles. The number of esters is 1. The largest absolute Gasteiger partial charge is 0.462 e. The van der Waals surface area contributed by atoms with Crippen molar-refractivity contribution in [1.82, 2.24) is 9.88 Å². The monoisotopic (exact) mass is 366 g/mol. The van der Waals surface area contributed by atoms with E-state index < -0.39 is 17.7 Å². The van der Waals surface area contributed by atoms with Crippen molar-refractivity contribution in [3.63, 3.8) is 0 Å². The Morgan fingerprint density at radius 1 is 1.23 bits per heavy atom. The van der Waals surface area contributed by atoms with Crippen molar-refractivity contribution in [2.24, 2.45) is 0 Å². The van der Waals surface area contributed by atoms with Crippen LogP contribution >= 0.6 is 0 Å². The van der Waals surface area contributed by atoms with Gasteiger partial charge in [-0.15, -0.1) is 0 Å². The zero-order chi connectivity index (χ0) is 19.6. The number of aromatic nitrogens is 1. The van der Waals surface area contributed by atoms with Gasteiger partial charge in [0.15, 0.2) is 0 Å². The van der Waals surface area contributed by atoms with Gasteiger partial charge in [0.1, 0.15) is 5.60 Å². The summed E-state index contributed by atoms with van der Waals surface area (Å²) in [6, 6.07) is 3.21. The van der Waals surface area contributed by atoms with Gasteiger partial charge in [-0.05, 0) is 59.1 Å². The summed E-state index contributed by atoms with van der Waals surface area (Å²) in [6.45, 7) is 8.34. The quantitative estimate of drug-likeness (QED) is 0.533. The summed E-state index contributed by atoms with van der Waals surface area (Å²) >= 11 is 0. The van der Waals surface area contributed by atoms with Gasteiger partial charge in [0.25, 0.3) is 0 Å². The number of carbonyl (C=O) groups is 2. The molecular formula is C19H30N2O5. The van der Waals surface area contributed by atoms with Gasteiger partial charge in [-0.1, -0.05) is 0 Å². The lowest BCUT2D eigenvalue weighted by atomic mass is 10.2. The molecule has 1 aromatic heterocycles. The molecule has 1 amide bonds. The molecule has 0 unspecified atom stereocenters. The van der Waals surface area contributed by atoms with E-state index in [1.165, 1.54) is 6.20 Å². The second kappa shape index (κ2) is 10.8. The van der Waals surface area contributed by atoms with E-state index in [0.29, 0.717) is 30.8 Å². The number of aliphatic hydroxyl groups excluding tert-OH is 1. The minimum absolute atomic E-state index is 0.135. The maximum absolute atomic E-state index is 12.5. The second-order valence-corrected chi connectivity index (χ2v) is 6.94. The fourth-order valence-electron chi connectivity index (χ4n) is 2.25. The lowest BCUT2D eigenvalue weighted by molar-refractivity contribution is 0.0227. The summed E-state index contributed by atoms with van der Waals surface area (Å²) in [7, 11) is 0. The summed E-state index contributed by atoms with van der Waals surface area (Å²) < 4.78 is 10.5. The molecule has 0 bridgehead atoms. The molecule has 146 valence electrons. The minimum Gasteiger partial charge on any atom is -0.462 e. The molecule has 0 aliphatic carbocycles. The smallest absolute Gasteiger partial charge is 0.410 e. The highest BCUT2D eigenvalue weighted by molar-refractivity contribution is 5.89. The molecule has 0 fully saturated rings. The van der Waals surface area contributed by atoms with Crippen LogP contribution < -0.4 is 0 Å². The van der Waals surface area contributed by atoms with Crippen LogP contribution in [0.5, 0.6) is 0 Å². The number of nitrogens with zero attached hydrogens (tertiary/aromatic N) is 2. The Balaban J connectivity index is 2.84. The van der Waals surface area contributed by atoms with E-state index in [2.05, 4.69) is 4.98 Å². The normalized spacial score (nSPS) is 11.1. The van der Waals surface area contributed by atoms with Crippen molar-refractivity contribution in [1.29, 1.82) is 0 Å². The van der Waals surface area contributed by atoms with Crippen LogP contribution in [0.15, 0.2) is 18.3 Å². The van der Waals surface area contributed by atoms with E-state index in [9.17, 15) is 9.59 Å². The number of hydrogen-bond donors (Lipinski definition) is 1. The molecule has 0 aromatic carbocycles. The summed E-state index contributed by atoms with van der Waals surface area (Å²) in [4.78, 5) is 30.2. The van der Waals surface area contributed by atoms with Crippen LogP contribution in [0.2, 0.25) is 0 Å². The predicted octanol–water partition coefficient (Wildman–Crippen LogP) is 3.16. The Bertz CT molecular complexity index is 584. The van der Waals surface area contributed by atoms with Crippen molar-refractivity contribution >= 4 is 12.1 Å². The van der Waals surface area contributed by atoms with Gasteiger partial charge >= 0.3 is 12.1 Å². The van der Waals surface area contributed by atoms with Crippen molar-refractivity contribution in [2.75, 3.05) is 19.8 Å². The highest BCUT2D eigenvalue weighted by atomic mass is 16.6. The molecule has 7 heteroatoms. The summed E-state index contributed by atoms with van der Waals surface area (Å²) in [6.07, 6.45) is 3.35. The maximum Gasteiger partial charge on any atom is 0.410 e.